The van der Waals surface area contributed by atoms with Crippen molar-refractivity contribution in [2.24, 2.45) is 0 Å². The van der Waals surface area contributed by atoms with Crippen LogP contribution in [0.15, 0.2) is 71.6 Å². The number of carboxylic acid groups (broad SMARTS) is 1. The Morgan fingerprint density at radius 2 is 1.90 bits per heavy atom. The maximum absolute atomic E-state index is 10.8. The van der Waals surface area contributed by atoms with Crippen LogP contribution in [-0.2, 0) is 4.79 Å². The Morgan fingerprint density at radius 1 is 1.10 bits per heavy atom. The summed E-state index contributed by atoms with van der Waals surface area (Å²) in [6.07, 6.45) is 5.50. The van der Waals surface area contributed by atoms with Crippen LogP contribution >= 0.6 is 11.3 Å². The van der Waals surface area contributed by atoms with Gasteiger partial charge in [-0.05, 0) is 74.9 Å². The molecule has 29 heavy (non-hydrogen) atoms. The highest BCUT2D eigenvalue weighted by molar-refractivity contribution is 7.08. The zero-order valence-electron chi connectivity index (χ0n) is 15.9. The number of carboxylic acids is 1. The van der Waals surface area contributed by atoms with Crippen LogP contribution in [0.25, 0.3) is 28.1 Å². The maximum atomic E-state index is 10.8. The van der Waals surface area contributed by atoms with E-state index >= 15 is 0 Å². The molecule has 2 N–H and O–H groups in total. The second-order valence-electron chi connectivity index (χ2n) is 6.68. The van der Waals surface area contributed by atoms with E-state index in [-0.39, 0.29) is 0 Å². The summed E-state index contributed by atoms with van der Waals surface area (Å²) in [6, 6.07) is 16.5. The van der Waals surface area contributed by atoms with E-state index in [4.69, 9.17) is 5.11 Å². The zero-order chi connectivity index (χ0) is 20.2. The number of aromatic nitrogens is 2. The molecule has 4 nitrogen and oxygen atoms in total. The molecule has 2 aromatic carbocycles. The molecule has 0 aliphatic rings. The number of H-pyrrole nitrogens is 1. The molecule has 4 aromatic rings. The van der Waals surface area contributed by atoms with E-state index in [1.54, 1.807) is 17.4 Å². The fraction of sp³-hybridized carbons (Fsp3) is 0.0833. The summed E-state index contributed by atoms with van der Waals surface area (Å²) in [5, 5.41) is 21.3. The first kappa shape index (κ1) is 18.9. The predicted molar refractivity (Wildman–Crippen MR) is 120 cm³/mol. The van der Waals surface area contributed by atoms with Gasteiger partial charge in [-0.1, -0.05) is 37.3 Å². The highest BCUT2D eigenvalue weighted by Crippen LogP contribution is 2.36. The van der Waals surface area contributed by atoms with Crippen molar-refractivity contribution in [1.29, 1.82) is 0 Å². The molecule has 0 aliphatic carbocycles. The molecule has 0 aliphatic heterocycles. The summed E-state index contributed by atoms with van der Waals surface area (Å²) < 4.78 is 0. The quantitative estimate of drug-likeness (QED) is 0.385. The topological polar surface area (TPSA) is 66.0 Å². The van der Waals surface area contributed by atoms with Gasteiger partial charge in [0.05, 0.1) is 11.7 Å². The van der Waals surface area contributed by atoms with Crippen LogP contribution in [0.3, 0.4) is 0 Å². The third-order valence-electron chi connectivity index (χ3n) is 4.87. The molecule has 0 amide bonds. The maximum Gasteiger partial charge on any atom is 0.328 e. The molecule has 5 heteroatoms. The van der Waals surface area contributed by atoms with Crippen molar-refractivity contribution in [3.05, 3.63) is 93.8 Å². The van der Waals surface area contributed by atoms with E-state index in [2.05, 4.69) is 64.3 Å². The molecule has 4 rings (SSSR count). The predicted octanol–water partition coefficient (Wildman–Crippen LogP) is 6.09. The Kier molecular flexibility index (Phi) is 5.40. The van der Waals surface area contributed by atoms with Gasteiger partial charge in [0.15, 0.2) is 0 Å². The lowest BCUT2D eigenvalue weighted by atomic mass is 9.88. The van der Waals surface area contributed by atoms with Gasteiger partial charge in [0, 0.05) is 11.5 Å². The van der Waals surface area contributed by atoms with Crippen LogP contribution < -0.4 is 0 Å². The Balaban J connectivity index is 1.87. The van der Waals surface area contributed by atoms with Crippen LogP contribution in [0.4, 0.5) is 0 Å². The van der Waals surface area contributed by atoms with E-state index in [9.17, 15) is 4.79 Å². The number of nitrogens with one attached hydrogen (secondary N) is 1. The van der Waals surface area contributed by atoms with E-state index in [0.717, 1.165) is 40.1 Å². The minimum Gasteiger partial charge on any atom is -0.478 e. The molecule has 2 aromatic heterocycles. The van der Waals surface area contributed by atoms with E-state index in [0.29, 0.717) is 0 Å². The van der Waals surface area contributed by atoms with Gasteiger partial charge in [0.1, 0.15) is 0 Å². The van der Waals surface area contributed by atoms with Gasteiger partial charge in [-0.15, -0.1) is 0 Å². The molecule has 0 fully saturated rings. The summed E-state index contributed by atoms with van der Waals surface area (Å²) in [6.45, 7) is 2.17. The highest BCUT2D eigenvalue weighted by Gasteiger charge is 2.14. The molecule has 0 unspecified atom stereocenters. The van der Waals surface area contributed by atoms with Crippen molar-refractivity contribution < 1.29 is 9.90 Å². The number of carbonyl (C=O) groups is 1. The number of allylic oxidation sites excluding steroid dienone is 1. The average molecular weight is 401 g/mol. The van der Waals surface area contributed by atoms with Gasteiger partial charge in [-0.2, -0.15) is 16.4 Å². The van der Waals surface area contributed by atoms with E-state index in [1.165, 1.54) is 16.7 Å². The smallest absolute Gasteiger partial charge is 0.328 e. The molecular formula is C24H20N2O2S. The molecule has 0 radical (unpaired) electrons. The van der Waals surface area contributed by atoms with Crippen molar-refractivity contribution in [1.82, 2.24) is 10.2 Å². The van der Waals surface area contributed by atoms with Crippen molar-refractivity contribution >= 4 is 45.4 Å². The molecule has 2 heterocycles. The standard InChI is InChI=1S/C24H20N2O2S/c1-2-21(19-11-12-29-15-19)24(18-8-9-22-20(13-18)14-25-26-22)17-6-3-16(4-7-17)5-10-23(27)28/h3-15H,2H2,1H3,(H,25,26)(H,27,28). The van der Waals surface area contributed by atoms with Gasteiger partial charge in [-0.3, -0.25) is 5.10 Å². The Bertz CT molecular complexity index is 1200. The first-order chi connectivity index (χ1) is 14.2. The fourth-order valence-corrected chi connectivity index (χ4v) is 4.17. The average Bonchev–Trinajstić information content (AvgIpc) is 3.42. The molecule has 0 saturated carbocycles. The van der Waals surface area contributed by atoms with E-state index in [1.807, 2.05) is 18.3 Å². The van der Waals surface area contributed by atoms with Crippen LogP contribution in [-0.4, -0.2) is 21.3 Å². The second kappa shape index (κ2) is 8.29. The first-order valence-electron chi connectivity index (χ1n) is 9.36. The molecule has 0 atom stereocenters. The zero-order valence-corrected chi connectivity index (χ0v) is 16.7. The lowest BCUT2D eigenvalue weighted by Gasteiger charge is -2.16. The molecular weight excluding hydrogens is 380 g/mol. The van der Waals surface area contributed by atoms with Crippen molar-refractivity contribution in [3.63, 3.8) is 0 Å². The third-order valence-corrected chi connectivity index (χ3v) is 5.55. The summed E-state index contributed by atoms with van der Waals surface area (Å²) in [5.41, 5.74) is 7.80. The third kappa shape index (κ3) is 4.05. The summed E-state index contributed by atoms with van der Waals surface area (Å²) in [7, 11) is 0. The van der Waals surface area contributed by atoms with Crippen LogP contribution in [0.1, 0.15) is 35.6 Å². The number of nitrogens with zero attached hydrogens (tertiary/aromatic N) is 1. The van der Waals surface area contributed by atoms with Crippen LogP contribution in [0.2, 0.25) is 0 Å². The number of thiophene rings is 1. The number of fused-ring (bicyclic) bond motifs is 1. The second-order valence-corrected chi connectivity index (χ2v) is 7.46. The number of hydrogen-bond donors (Lipinski definition) is 2. The van der Waals surface area contributed by atoms with Crippen molar-refractivity contribution in [3.8, 4) is 0 Å². The van der Waals surface area contributed by atoms with Gasteiger partial charge in [-0.25, -0.2) is 4.79 Å². The number of rotatable bonds is 6. The normalized spacial score (nSPS) is 12.4. The number of hydrogen-bond acceptors (Lipinski definition) is 3. The van der Waals surface area contributed by atoms with Gasteiger partial charge >= 0.3 is 5.97 Å². The molecule has 144 valence electrons. The minimum absolute atomic E-state index is 0.856. The number of aliphatic carboxylic acids is 1. The largest absolute Gasteiger partial charge is 0.478 e. The van der Waals surface area contributed by atoms with Crippen molar-refractivity contribution in [2.75, 3.05) is 0 Å². The van der Waals surface area contributed by atoms with E-state index < -0.39 is 5.97 Å². The monoisotopic (exact) mass is 400 g/mol. The summed E-state index contributed by atoms with van der Waals surface area (Å²) in [4.78, 5) is 10.8. The Labute approximate surface area is 172 Å². The minimum atomic E-state index is -0.950. The van der Waals surface area contributed by atoms with Gasteiger partial charge in [0.2, 0.25) is 0 Å². The Morgan fingerprint density at radius 3 is 2.59 bits per heavy atom. The van der Waals surface area contributed by atoms with Crippen LogP contribution in [0.5, 0.6) is 0 Å². The van der Waals surface area contributed by atoms with Gasteiger partial charge < -0.3 is 5.11 Å². The lowest BCUT2D eigenvalue weighted by molar-refractivity contribution is -0.131. The summed E-state index contributed by atoms with van der Waals surface area (Å²) in [5.74, 6) is -0.950. The first-order valence-corrected chi connectivity index (χ1v) is 10.3. The molecule has 0 spiro atoms. The Hall–Kier alpha value is -3.44. The molecule has 0 saturated heterocycles. The summed E-state index contributed by atoms with van der Waals surface area (Å²) >= 11 is 1.69. The molecule has 0 bridgehead atoms. The lowest BCUT2D eigenvalue weighted by Crippen LogP contribution is -1.94. The number of aromatic amines is 1. The van der Waals surface area contributed by atoms with Crippen LogP contribution in [0, 0.1) is 0 Å². The van der Waals surface area contributed by atoms with Gasteiger partial charge in [0.25, 0.3) is 0 Å². The fourth-order valence-electron chi connectivity index (χ4n) is 3.50. The highest BCUT2D eigenvalue weighted by atomic mass is 32.1. The SMILES string of the molecule is CCC(=C(c1ccc(C=CC(=O)O)cc1)c1ccc2[nH]ncc2c1)c1ccsc1. The van der Waals surface area contributed by atoms with Crippen molar-refractivity contribution in [2.45, 2.75) is 13.3 Å². The number of benzene rings is 2.